The van der Waals surface area contributed by atoms with Crippen LogP contribution in [-0.2, 0) is 0 Å². The molecule has 0 bridgehead atoms. The van der Waals surface area contributed by atoms with Crippen molar-refractivity contribution in [2.24, 2.45) is 0 Å². The lowest BCUT2D eigenvalue weighted by Gasteiger charge is -2.30. The van der Waals surface area contributed by atoms with E-state index in [-0.39, 0.29) is 0 Å². The average Bonchev–Trinajstić information content (AvgIpc) is 2.48. The monoisotopic (exact) mass is 313 g/mol. The van der Waals surface area contributed by atoms with Crippen molar-refractivity contribution in [2.75, 3.05) is 47.3 Å². The number of rotatable bonds is 16. The van der Waals surface area contributed by atoms with Crippen molar-refractivity contribution in [2.45, 2.75) is 84.5 Å². The minimum atomic E-state index is 1.17. The fraction of sp³-hybridized carbons (Fsp3) is 1.00. The van der Waals surface area contributed by atoms with E-state index >= 15 is 0 Å². The van der Waals surface area contributed by atoms with E-state index in [9.17, 15) is 0 Å². The first kappa shape index (κ1) is 21.9. The molecule has 0 aromatic carbocycles. The topological polar surface area (TPSA) is 3.24 Å². The minimum absolute atomic E-state index is 1.17. The van der Waals surface area contributed by atoms with Crippen molar-refractivity contribution in [3.63, 3.8) is 0 Å². The molecule has 0 unspecified atom stereocenters. The van der Waals surface area contributed by atoms with Crippen molar-refractivity contribution in [3.05, 3.63) is 0 Å². The van der Waals surface area contributed by atoms with Gasteiger partial charge in [0.15, 0.2) is 0 Å². The van der Waals surface area contributed by atoms with E-state index in [0.29, 0.717) is 0 Å². The van der Waals surface area contributed by atoms with Crippen LogP contribution < -0.4 is 0 Å². The molecule has 0 aliphatic heterocycles. The number of quaternary nitrogens is 1. The van der Waals surface area contributed by atoms with Crippen LogP contribution >= 0.6 is 0 Å². The highest BCUT2D eigenvalue weighted by Crippen LogP contribution is 2.12. The van der Waals surface area contributed by atoms with Crippen LogP contribution in [0.5, 0.6) is 0 Å². The second kappa shape index (κ2) is 14.5. The molecular weight excluding hydrogens is 268 g/mol. The highest BCUT2D eigenvalue weighted by Gasteiger charge is 2.13. The second-order valence-electron chi connectivity index (χ2n) is 7.81. The Hall–Kier alpha value is -0.0800. The maximum Gasteiger partial charge on any atom is 0.0794 e. The molecule has 0 saturated carbocycles. The SMILES string of the molecule is CCCCCCCCCCCC[N+](C)(C)CCCN(C)CC. The first-order valence-corrected chi connectivity index (χ1v) is 10.0. The molecule has 134 valence electrons. The van der Waals surface area contributed by atoms with E-state index in [1.807, 2.05) is 0 Å². The Morgan fingerprint density at radius 2 is 1.09 bits per heavy atom. The summed E-state index contributed by atoms with van der Waals surface area (Å²) in [5.74, 6) is 0. The summed E-state index contributed by atoms with van der Waals surface area (Å²) in [6, 6.07) is 0. The third-order valence-corrected chi connectivity index (χ3v) is 4.96. The van der Waals surface area contributed by atoms with E-state index < -0.39 is 0 Å². The molecule has 0 spiro atoms. The Labute approximate surface area is 141 Å². The molecule has 0 fully saturated rings. The van der Waals surface area contributed by atoms with Crippen LogP contribution in [0.15, 0.2) is 0 Å². The maximum absolute atomic E-state index is 2.42. The Bertz CT molecular complexity index is 226. The summed E-state index contributed by atoms with van der Waals surface area (Å²) in [5.41, 5.74) is 0. The lowest BCUT2D eigenvalue weighted by atomic mass is 10.1. The van der Waals surface area contributed by atoms with Gasteiger partial charge in [-0.25, -0.2) is 0 Å². The number of unbranched alkanes of at least 4 members (excludes halogenated alkanes) is 9. The molecular formula is C20H45N2+. The quantitative estimate of drug-likeness (QED) is 0.275. The fourth-order valence-corrected chi connectivity index (χ4v) is 3.07. The summed E-state index contributed by atoms with van der Waals surface area (Å²) in [6.07, 6.45) is 15.7. The average molecular weight is 314 g/mol. The number of hydrogen-bond acceptors (Lipinski definition) is 1. The molecule has 0 aromatic heterocycles. The Balaban J connectivity index is 3.37. The van der Waals surface area contributed by atoms with Gasteiger partial charge in [-0.3, -0.25) is 0 Å². The van der Waals surface area contributed by atoms with Gasteiger partial charge in [0.05, 0.1) is 27.2 Å². The molecule has 22 heavy (non-hydrogen) atoms. The van der Waals surface area contributed by atoms with Gasteiger partial charge in [0.2, 0.25) is 0 Å². The summed E-state index contributed by atoms with van der Waals surface area (Å²) < 4.78 is 1.20. The highest BCUT2D eigenvalue weighted by atomic mass is 15.3. The molecule has 0 N–H and O–H groups in total. The predicted octanol–water partition coefficient (Wildman–Crippen LogP) is 5.33. The number of hydrogen-bond donors (Lipinski definition) is 0. The Morgan fingerprint density at radius 1 is 0.636 bits per heavy atom. The van der Waals surface area contributed by atoms with Crippen LogP contribution in [-0.4, -0.2) is 56.7 Å². The summed E-state index contributed by atoms with van der Waals surface area (Å²) in [5, 5.41) is 0. The zero-order chi connectivity index (χ0) is 16.7. The van der Waals surface area contributed by atoms with Gasteiger partial charge in [-0.2, -0.15) is 0 Å². The largest absolute Gasteiger partial charge is 0.328 e. The van der Waals surface area contributed by atoms with Crippen molar-refractivity contribution >= 4 is 0 Å². The van der Waals surface area contributed by atoms with Gasteiger partial charge in [-0.05, 0) is 26.4 Å². The van der Waals surface area contributed by atoms with Crippen molar-refractivity contribution in [3.8, 4) is 0 Å². The van der Waals surface area contributed by atoms with Crippen LogP contribution in [0, 0.1) is 0 Å². The van der Waals surface area contributed by atoms with E-state index in [1.165, 1.54) is 101 Å². The van der Waals surface area contributed by atoms with E-state index in [4.69, 9.17) is 0 Å². The van der Waals surface area contributed by atoms with Crippen LogP contribution in [0.3, 0.4) is 0 Å². The second-order valence-corrected chi connectivity index (χ2v) is 7.81. The summed E-state index contributed by atoms with van der Waals surface area (Å²) in [6.45, 7) is 9.63. The van der Waals surface area contributed by atoms with Crippen LogP contribution in [0.25, 0.3) is 0 Å². The normalized spacial score (nSPS) is 12.3. The molecule has 0 heterocycles. The van der Waals surface area contributed by atoms with Gasteiger partial charge in [0.25, 0.3) is 0 Å². The first-order valence-electron chi connectivity index (χ1n) is 10.0. The molecule has 0 amide bonds. The molecule has 0 saturated heterocycles. The van der Waals surface area contributed by atoms with Crippen LogP contribution in [0.4, 0.5) is 0 Å². The molecule has 2 heteroatoms. The molecule has 0 radical (unpaired) electrons. The zero-order valence-corrected chi connectivity index (χ0v) is 16.5. The van der Waals surface area contributed by atoms with E-state index in [0.717, 1.165) is 0 Å². The summed E-state index contributed by atoms with van der Waals surface area (Å²) in [7, 11) is 7.03. The molecule has 2 nitrogen and oxygen atoms in total. The number of nitrogens with zero attached hydrogens (tertiary/aromatic N) is 2. The lowest BCUT2D eigenvalue weighted by molar-refractivity contribution is -0.890. The molecule has 0 atom stereocenters. The Morgan fingerprint density at radius 3 is 1.59 bits per heavy atom. The summed E-state index contributed by atoms with van der Waals surface area (Å²) >= 11 is 0. The zero-order valence-electron chi connectivity index (χ0n) is 16.5. The third kappa shape index (κ3) is 14.8. The van der Waals surface area contributed by atoms with Crippen molar-refractivity contribution in [1.29, 1.82) is 0 Å². The van der Waals surface area contributed by atoms with Gasteiger partial charge in [-0.1, -0.05) is 65.2 Å². The van der Waals surface area contributed by atoms with Gasteiger partial charge >= 0.3 is 0 Å². The molecule has 0 aliphatic rings. The molecule has 0 aliphatic carbocycles. The minimum Gasteiger partial charge on any atom is -0.328 e. The smallest absolute Gasteiger partial charge is 0.0794 e. The van der Waals surface area contributed by atoms with Crippen LogP contribution in [0.1, 0.15) is 84.5 Å². The van der Waals surface area contributed by atoms with Gasteiger partial charge in [-0.15, -0.1) is 0 Å². The van der Waals surface area contributed by atoms with Crippen molar-refractivity contribution in [1.82, 2.24) is 4.90 Å². The van der Waals surface area contributed by atoms with E-state index in [1.54, 1.807) is 0 Å². The van der Waals surface area contributed by atoms with E-state index in [2.05, 4.69) is 39.9 Å². The fourth-order valence-electron chi connectivity index (χ4n) is 3.07. The lowest BCUT2D eigenvalue weighted by Crippen LogP contribution is -2.42. The van der Waals surface area contributed by atoms with Crippen LogP contribution in [0.2, 0.25) is 0 Å². The van der Waals surface area contributed by atoms with Gasteiger partial charge in [0, 0.05) is 13.0 Å². The Kier molecular flexibility index (Phi) is 14.5. The highest BCUT2D eigenvalue weighted by molar-refractivity contribution is 4.50. The molecule has 0 rings (SSSR count). The van der Waals surface area contributed by atoms with Crippen molar-refractivity contribution < 1.29 is 4.48 Å². The maximum atomic E-state index is 2.42. The van der Waals surface area contributed by atoms with Gasteiger partial charge in [0.1, 0.15) is 0 Å². The molecule has 0 aromatic rings. The third-order valence-electron chi connectivity index (χ3n) is 4.96. The first-order chi connectivity index (χ1) is 10.5. The summed E-state index contributed by atoms with van der Waals surface area (Å²) in [4.78, 5) is 2.42. The standard InChI is InChI=1S/C20H45N2/c1-6-8-9-10-11-12-13-14-15-16-19-22(4,5)20-17-18-21(3)7-2/h6-20H2,1-5H3/q+1. The predicted molar refractivity (Wildman–Crippen MR) is 101 cm³/mol. The van der Waals surface area contributed by atoms with Gasteiger partial charge < -0.3 is 9.38 Å².